The summed E-state index contributed by atoms with van der Waals surface area (Å²) in [6.45, 7) is 1.47. The molecule has 0 unspecified atom stereocenters. The van der Waals surface area contributed by atoms with E-state index in [9.17, 15) is 9.59 Å². The Morgan fingerprint density at radius 3 is 2.46 bits per heavy atom. The number of carbonyl (C=O) groups is 2. The van der Waals surface area contributed by atoms with E-state index in [2.05, 4.69) is 10.6 Å². The van der Waals surface area contributed by atoms with Gasteiger partial charge in [-0.05, 0) is 55.2 Å². The molecule has 3 rings (SSSR count). The molecule has 1 aliphatic carbocycles. The zero-order valence-corrected chi connectivity index (χ0v) is 14.5. The van der Waals surface area contributed by atoms with Crippen molar-refractivity contribution < 1.29 is 14.3 Å². The van der Waals surface area contributed by atoms with Crippen LogP contribution < -0.4 is 21.1 Å². The summed E-state index contributed by atoms with van der Waals surface area (Å²) in [5, 5.41) is 5.50. The van der Waals surface area contributed by atoms with Gasteiger partial charge in [-0.3, -0.25) is 9.59 Å². The molecule has 1 aliphatic rings. The number of amides is 2. The average Bonchev–Trinajstić information content (AvgIpc) is 3.50. The molecule has 6 nitrogen and oxygen atoms in total. The monoisotopic (exact) mass is 353 g/mol. The van der Waals surface area contributed by atoms with Gasteiger partial charge in [0.1, 0.15) is 5.75 Å². The van der Waals surface area contributed by atoms with Gasteiger partial charge >= 0.3 is 0 Å². The van der Waals surface area contributed by atoms with Gasteiger partial charge in [0.05, 0.1) is 17.9 Å². The molecule has 2 aromatic rings. The largest absolute Gasteiger partial charge is 0.493 e. The number of rotatable bonds is 8. The Kier molecular flexibility index (Phi) is 5.86. The van der Waals surface area contributed by atoms with E-state index >= 15 is 0 Å². The topological polar surface area (TPSA) is 93.5 Å². The first-order chi connectivity index (χ1) is 12.7. The molecule has 136 valence electrons. The molecular formula is C20H23N3O3. The van der Waals surface area contributed by atoms with Crippen molar-refractivity contribution in [2.24, 2.45) is 11.7 Å². The number of ether oxygens (including phenoxy) is 1. The molecule has 0 radical (unpaired) electrons. The number of para-hydroxylation sites is 1. The Balaban J connectivity index is 1.64. The minimum Gasteiger partial charge on any atom is -0.493 e. The smallest absolute Gasteiger partial charge is 0.255 e. The van der Waals surface area contributed by atoms with Gasteiger partial charge in [0, 0.05) is 18.7 Å². The van der Waals surface area contributed by atoms with Crippen molar-refractivity contribution in [3.8, 4) is 5.75 Å². The van der Waals surface area contributed by atoms with Crippen LogP contribution in [0, 0.1) is 5.92 Å². The highest BCUT2D eigenvalue weighted by Gasteiger charge is 2.22. The van der Waals surface area contributed by atoms with Crippen molar-refractivity contribution in [1.29, 1.82) is 0 Å². The molecule has 0 aromatic heterocycles. The fraction of sp³-hybridized carbons (Fsp3) is 0.300. The van der Waals surface area contributed by atoms with Crippen LogP contribution in [0.5, 0.6) is 5.75 Å². The first-order valence-corrected chi connectivity index (χ1v) is 8.79. The number of benzene rings is 2. The number of anilines is 1. The lowest BCUT2D eigenvalue weighted by atomic mass is 10.1. The van der Waals surface area contributed by atoms with Crippen LogP contribution in [0.1, 0.15) is 33.6 Å². The van der Waals surface area contributed by atoms with Gasteiger partial charge in [-0.1, -0.05) is 12.1 Å². The van der Waals surface area contributed by atoms with E-state index in [0.29, 0.717) is 35.8 Å². The summed E-state index contributed by atoms with van der Waals surface area (Å²) in [5.74, 6) is 0.892. The highest BCUT2D eigenvalue weighted by atomic mass is 16.5. The summed E-state index contributed by atoms with van der Waals surface area (Å²) >= 11 is 0. The minimum absolute atomic E-state index is 0.268. The van der Waals surface area contributed by atoms with Gasteiger partial charge in [0.25, 0.3) is 11.8 Å². The third kappa shape index (κ3) is 4.83. The quantitative estimate of drug-likeness (QED) is 0.679. The van der Waals surface area contributed by atoms with Crippen LogP contribution in [-0.2, 0) is 0 Å². The SMILES string of the molecule is NCCNC(=O)c1ccccc1NC(=O)c1ccc(OCC2CC2)cc1. The highest BCUT2D eigenvalue weighted by Crippen LogP contribution is 2.29. The van der Waals surface area contributed by atoms with Crippen LogP contribution in [-0.4, -0.2) is 31.5 Å². The molecule has 2 aromatic carbocycles. The number of nitrogens with two attached hydrogens (primary N) is 1. The molecule has 4 N–H and O–H groups in total. The third-order valence-electron chi connectivity index (χ3n) is 4.15. The highest BCUT2D eigenvalue weighted by molar-refractivity contribution is 6.09. The Morgan fingerprint density at radius 1 is 1.04 bits per heavy atom. The number of hydrogen-bond acceptors (Lipinski definition) is 4. The fourth-order valence-electron chi connectivity index (χ4n) is 2.47. The Morgan fingerprint density at radius 2 is 1.77 bits per heavy atom. The Bertz CT molecular complexity index is 770. The van der Waals surface area contributed by atoms with Crippen LogP contribution >= 0.6 is 0 Å². The number of hydrogen-bond donors (Lipinski definition) is 3. The summed E-state index contributed by atoms with van der Waals surface area (Å²) in [5.41, 5.74) is 6.77. The number of nitrogens with one attached hydrogen (secondary N) is 2. The van der Waals surface area contributed by atoms with Gasteiger partial charge in [0.2, 0.25) is 0 Å². The van der Waals surface area contributed by atoms with Gasteiger partial charge < -0.3 is 21.1 Å². The fourth-order valence-corrected chi connectivity index (χ4v) is 2.47. The maximum Gasteiger partial charge on any atom is 0.255 e. The maximum absolute atomic E-state index is 12.5. The van der Waals surface area contributed by atoms with Crippen molar-refractivity contribution in [3.63, 3.8) is 0 Å². The second-order valence-corrected chi connectivity index (χ2v) is 6.32. The molecule has 0 saturated heterocycles. The molecule has 26 heavy (non-hydrogen) atoms. The summed E-state index contributed by atoms with van der Waals surface area (Å²) in [7, 11) is 0. The van der Waals surface area contributed by atoms with Crippen LogP contribution in [0.2, 0.25) is 0 Å². The van der Waals surface area contributed by atoms with Crippen LogP contribution in [0.15, 0.2) is 48.5 Å². The second kappa shape index (κ2) is 8.49. The second-order valence-electron chi connectivity index (χ2n) is 6.32. The predicted molar refractivity (Wildman–Crippen MR) is 100 cm³/mol. The molecule has 1 fully saturated rings. The average molecular weight is 353 g/mol. The van der Waals surface area contributed by atoms with E-state index in [0.717, 1.165) is 12.4 Å². The van der Waals surface area contributed by atoms with Crippen LogP contribution in [0.3, 0.4) is 0 Å². The Hall–Kier alpha value is -2.86. The zero-order valence-electron chi connectivity index (χ0n) is 14.5. The zero-order chi connectivity index (χ0) is 18.4. The molecule has 0 spiro atoms. The molecule has 0 bridgehead atoms. The first-order valence-electron chi connectivity index (χ1n) is 8.79. The van der Waals surface area contributed by atoms with Gasteiger partial charge in [0.15, 0.2) is 0 Å². The summed E-state index contributed by atoms with van der Waals surface area (Å²) in [6.07, 6.45) is 2.47. The summed E-state index contributed by atoms with van der Waals surface area (Å²) < 4.78 is 5.68. The van der Waals surface area contributed by atoms with Crippen molar-refractivity contribution in [2.45, 2.75) is 12.8 Å². The number of carbonyl (C=O) groups excluding carboxylic acids is 2. The van der Waals surface area contributed by atoms with Crippen molar-refractivity contribution in [2.75, 3.05) is 25.0 Å². The lowest BCUT2D eigenvalue weighted by Gasteiger charge is -2.11. The minimum atomic E-state index is -0.280. The standard InChI is InChI=1S/C20H23N3O3/c21-11-12-22-20(25)17-3-1-2-4-18(17)23-19(24)15-7-9-16(10-8-15)26-13-14-5-6-14/h1-4,7-10,14H,5-6,11-13,21H2,(H,22,25)(H,23,24). The molecule has 2 amide bonds. The van der Waals surface area contributed by atoms with Gasteiger partial charge in [-0.25, -0.2) is 0 Å². The molecule has 0 aliphatic heterocycles. The van der Waals surface area contributed by atoms with Crippen molar-refractivity contribution >= 4 is 17.5 Å². The summed E-state index contributed by atoms with van der Waals surface area (Å²) in [6, 6.07) is 13.9. The molecule has 1 saturated carbocycles. The summed E-state index contributed by atoms with van der Waals surface area (Å²) in [4.78, 5) is 24.7. The van der Waals surface area contributed by atoms with E-state index in [4.69, 9.17) is 10.5 Å². The van der Waals surface area contributed by atoms with Gasteiger partial charge in [-0.2, -0.15) is 0 Å². The van der Waals surface area contributed by atoms with Crippen LogP contribution in [0.4, 0.5) is 5.69 Å². The van der Waals surface area contributed by atoms with Crippen molar-refractivity contribution in [3.05, 3.63) is 59.7 Å². The normalized spacial score (nSPS) is 13.1. The van der Waals surface area contributed by atoms with Crippen LogP contribution in [0.25, 0.3) is 0 Å². The van der Waals surface area contributed by atoms with E-state index < -0.39 is 0 Å². The molecular weight excluding hydrogens is 330 g/mol. The first kappa shape index (κ1) is 17.9. The maximum atomic E-state index is 12.5. The predicted octanol–water partition coefficient (Wildman–Crippen LogP) is 2.42. The van der Waals surface area contributed by atoms with E-state index in [1.54, 1.807) is 48.5 Å². The molecule has 6 heteroatoms. The van der Waals surface area contributed by atoms with E-state index in [-0.39, 0.29) is 11.8 Å². The van der Waals surface area contributed by atoms with E-state index in [1.165, 1.54) is 12.8 Å². The lowest BCUT2D eigenvalue weighted by Crippen LogP contribution is -2.30. The van der Waals surface area contributed by atoms with E-state index in [1.807, 2.05) is 0 Å². The third-order valence-corrected chi connectivity index (χ3v) is 4.15. The lowest BCUT2D eigenvalue weighted by molar-refractivity contribution is 0.0955. The van der Waals surface area contributed by atoms with Crippen molar-refractivity contribution in [1.82, 2.24) is 5.32 Å². The molecule has 0 atom stereocenters. The Labute approximate surface area is 152 Å². The van der Waals surface area contributed by atoms with Gasteiger partial charge in [-0.15, -0.1) is 0 Å². The molecule has 0 heterocycles.